The van der Waals surface area contributed by atoms with Crippen LogP contribution in [0.2, 0.25) is 0 Å². The van der Waals surface area contributed by atoms with Crippen LogP contribution in [-0.4, -0.2) is 24.0 Å². The SMILES string of the molecule is CC(CC#N)N1CCC(c2ccsc2)CC1. The first-order chi connectivity index (χ1) is 7.81. The molecule has 1 aromatic rings. The summed E-state index contributed by atoms with van der Waals surface area (Å²) in [5.74, 6) is 0.747. The van der Waals surface area contributed by atoms with Crippen molar-refractivity contribution in [3.05, 3.63) is 22.4 Å². The largest absolute Gasteiger partial charge is 0.300 e. The van der Waals surface area contributed by atoms with Crippen LogP contribution in [0.4, 0.5) is 0 Å². The second kappa shape index (κ2) is 5.47. The average Bonchev–Trinajstić information content (AvgIpc) is 2.83. The lowest BCUT2D eigenvalue weighted by atomic mass is 9.90. The van der Waals surface area contributed by atoms with Crippen molar-refractivity contribution >= 4 is 11.3 Å². The summed E-state index contributed by atoms with van der Waals surface area (Å²) in [5, 5.41) is 13.1. The van der Waals surface area contributed by atoms with Crippen molar-refractivity contribution < 1.29 is 0 Å². The Balaban J connectivity index is 1.85. The van der Waals surface area contributed by atoms with Crippen molar-refractivity contribution in [1.29, 1.82) is 5.26 Å². The molecule has 1 atom stereocenters. The minimum atomic E-state index is 0.424. The molecular formula is C13H18N2S. The molecule has 1 unspecified atom stereocenters. The van der Waals surface area contributed by atoms with Gasteiger partial charge in [-0.15, -0.1) is 0 Å². The van der Waals surface area contributed by atoms with Crippen LogP contribution in [0.25, 0.3) is 0 Å². The molecule has 1 fully saturated rings. The zero-order valence-electron chi connectivity index (χ0n) is 9.72. The van der Waals surface area contributed by atoms with Crippen molar-refractivity contribution in [2.24, 2.45) is 0 Å². The number of hydrogen-bond donors (Lipinski definition) is 0. The summed E-state index contributed by atoms with van der Waals surface area (Å²) in [6.07, 6.45) is 3.14. The van der Waals surface area contributed by atoms with Gasteiger partial charge in [0, 0.05) is 6.04 Å². The molecule has 0 bridgehead atoms. The average molecular weight is 234 g/mol. The Hall–Kier alpha value is -0.850. The molecule has 0 saturated carbocycles. The van der Waals surface area contributed by atoms with Gasteiger partial charge in [0.05, 0.1) is 12.5 Å². The van der Waals surface area contributed by atoms with E-state index in [4.69, 9.17) is 5.26 Å². The number of nitrogens with zero attached hydrogens (tertiary/aromatic N) is 2. The minimum Gasteiger partial charge on any atom is -0.300 e. The molecule has 0 spiro atoms. The van der Waals surface area contributed by atoms with Crippen molar-refractivity contribution in [2.75, 3.05) is 13.1 Å². The highest BCUT2D eigenvalue weighted by atomic mass is 32.1. The Morgan fingerprint density at radius 2 is 2.31 bits per heavy atom. The predicted octanol–water partition coefficient (Wildman–Crippen LogP) is 3.23. The molecule has 0 aromatic carbocycles. The van der Waals surface area contributed by atoms with Crippen LogP contribution in [0.1, 0.15) is 37.7 Å². The molecule has 0 amide bonds. The fraction of sp³-hybridized carbons (Fsp3) is 0.615. The molecule has 86 valence electrons. The first-order valence-electron chi connectivity index (χ1n) is 5.94. The standard InChI is InChI=1S/C13H18N2S/c1-11(2-6-14)15-7-3-12(4-8-15)13-5-9-16-10-13/h5,9-12H,2-4,7-8H2,1H3. The topological polar surface area (TPSA) is 27.0 Å². The van der Waals surface area contributed by atoms with Gasteiger partial charge in [-0.1, -0.05) is 0 Å². The monoisotopic (exact) mass is 234 g/mol. The van der Waals surface area contributed by atoms with Gasteiger partial charge in [-0.2, -0.15) is 16.6 Å². The number of likely N-dealkylation sites (tertiary alicyclic amines) is 1. The van der Waals surface area contributed by atoms with Crippen molar-refractivity contribution in [2.45, 2.75) is 38.1 Å². The van der Waals surface area contributed by atoms with Gasteiger partial charge in [-0.05, 0) is 61.2 Å². The van der Waals surface area contributed by atoms with Crippen LogP contribution in [0.5, 0.6) is 0 Å². The summed E-state index contributed by atoms with van der Waals surface area (Å²) in [7, 11) is 0. The summed E-state index contributed by atoms with van der Waals surface area (Å²) < 4.78 is 0. The van der Waals surface area contributed by atoms with Crippen LogP contribution < -0.4 is 0 Å². The van der Waals surface area contributed by atoms with E-state index in [1.54, 1.807) is 11.3 Å². The second-order valence-electron chi connectivity index (χ2n) is 4.58. The van der Waals surface area contributed by atoms with E-state index < -0.39 is 0 Å². The molecule has 0 radical (unpaired) electrons. The smallest absolute Gasteiger partial charge is 0.0638 e. The van der Waals surface area contributed by atoms with E-state index in [2.05, 4.69) is 34.7 Å². The maximum absolute atomic E-state index is 8.69. The minimum absolute atomic E-state index is 0.424. The molecule has 2 nitrogen and oxygen atoms in total. The van der Waals surface area contributed by atoms with Gasteiger partial charge in [-0.25, -0.2) is 0 Å². The summed E-state index contributed by atoms with van der Waals surface area (Å²) in [6.45, 7) is 4.45. The molecule has 1 aromatic heterocycles. The fourth-order valence-electron chi connectivity index (χ4n) is 2.44. The predicted molar refractivity (Wildman–Crippen MR) is 67.6 cm³/mol. The first kappa shape index (κ1) is 11.6. The lowest BCUT2D eigenvalue weighted by Gasteiger charge is -2.35. The fourth-order valence-corrected chi connectivity index (χ4v) is 3.18. The van der Waals surface area contributed by atoms with Crippen LogP contribution in [0.3, 0.4) is 0 Å². The Bertz CT molecular complexity index is 345. The van der Waals surface area contributed by atoms with E-state index in [1.165, 1.54) is 18.4 Å². The maximum atomic E-state index is 8.69. The van der Waals surface area contributed by atoms with Gasteiger partial charge in [0.1, 0.15) is 0 Å². The molecule has 0 N–H and O–H groups in total. The molecular weight excluding hydrogens is 216 g/mol. The van der Waals surface area contributed by atoms with E-state index in [1.807, 2.05) is 0 Å². The third kappa shape index (κ3) is 2.63. The zero-order valence-corrected chi connectivity index (χ0v) is 10.5. The van der Waals surface area contributed by atoms with Gasteiger partial charge in [0.15, 0.2) is 0 Å². The van der Waals surface area contributed by atoms with E-state index in [-0.39, 0.29) is 0 Å². The molecule has 1 aliphatic heterocycles. The lowest BCUT2D eigenvalue weighted by molar-refractivity contribution is 0.163. The molecule has 1 aliphatic rings. The summed E-state index contributed by atoms with van der Waals surface area (Å²) in [6, 6.07) is 4.94. The molecule has 1 saturated heterocycles. The van der Waals surface area contributed by atoms with Gasteiger partial charge >= 0.3 is 0 Å². The van der Waals surface area contributed by atoms with E-state index in [0.717, 1.165) is 19.0 Å². The van der Waals surface area contributed by atoms with Crippen LogP contribution in [0.15, 0.2) is 16.8 Å². The van der Waals surface area contributed by atoms with Gasteiger partial charge < -0.3 is 0 Å². The Labute approximate surface area is 102 Å². The summed E-state index contributed by atoms with van der Waals surface area (Å²) >= 11 is 1.79. The van der Waals surface area contributed by atoms with Gasteiger partial charge in [-0.3, -0.25) is 4.90 Å². The highest BCUT2D eigenvalue weighted by molar-refractivity contribution is 7.07. The molecule has 2 rings (SSSR count). The second-order valence-corrected chi connectivity index (χ2v) is 5.36. The number of nitriles is 1. The van der Waals surface area contributed by atoms with Gasteiger partial charge in [0.25, 0.3) is 0 Å². The number of piperidine rings is 1. The Kier molecular flexibility index (Phi) is 3.98. The van der Waals surface area contributed by atoms with Crippen LogP contribution in [-0.2, 0) is 0 Å². The highest BCUT2D eigenvalue weighted by Crippen LogP contribution is 2.30. The van der Waals surface area contributed by atoms with E-state index in [0.29, 0.717) is 12.5 Å². The Morgan fingerprint density at radius 3 is 2.88 bits per heavy atom. The third-order valence-electron chi connectivity index (χ3n) is 3.55. The number of rotatable bonds is 3. The van der Waals surface area contributed by atoms with Crippen molar-refractivity contribution in [3.8, 4) is 6.07 Å². The quantitative estimate of drug-likeness (QED) is 0.803. The van der Waals surface area contributed by atoms with Crippen LogP contribution in [0, 0.1) is 11.3 Å². The molecule has 16 heavy (non-hydrogen) atoms. The lowest BCUT2D eigenvalue weighted by Crippen LogP contribution is -2.39. The molecule has 2 heterocycles. The zero-order chi connectivity index (χ0) is 11.4. The maximum Gasteiger partial charge on any atom is 0.0638 e. The van der Waals surface area contributed by atoms with E-state index in [9.17, 15) is 0 Å². The van der Waals surface area contributed by atoms with E-state index >= 15 is 0 Å². The molecule has 3 heteroatoms. The first-order valence-corrected chi connectivity index (χ1v) is 6.88. The van der Waals surface area contributed by atoms with Crippen molar-refractivity contribution in [1.82, 2.24) is 4.90 Å². The Morgan fingerprint density at radius 1 is 1.56 bits per heavy atom. The van der Waals surface area contributed by atoms with Gasteiger partial charge in [0.2, 0.25) is 0 Å². The van der Waals surface area contributed by atoms with Crippen LogP contribution >= 0.6 is 11.3 Å². The number of thiophene rings is 1. The normalized spacial score (nSPS) is 20.5. The summed E-state index contributed by atoms with van der Waals surface area (Å²) in [5.41, 5.74) is 1.51. The molecule has 0 aliphatic carbocycles. The highest BCUT2D eigenvalue weighted by Gasteiger charge is 2.23. The number of hydrogen-bond acceptors (Lipinski definition) is 3. The summed E-state index contributed by atoms with van der Waals surface area (Å²) in [4.78, 5) is 2.45. The van der Waals surface area contributed by atoms with Crippen molar-refractivity contribution in [3.63, 3.8) is 0 Å². The third-order valence-corrected chi connectivity index (χ3v) is 4.26.